The van der Waals surface area contributed by atoms with Crippen LogP contribution in [0, 0.1) is 11.3 Å². The second-order valence-corrected chi connectivity index (χ2v) is 7.55. The van der Waals surface area contributed by atoms with Gasteiger partial charge in [-0.2, -0.15) is 5.26 Å². The number of carbonyl (C=O) groups excluding carboxylic acids is 1. The summed E-state index contributed by atoms with van der Waals surface area (Å²) in [4.78, 5) is 12.0. The molecular formula is C17H22N2O5S. The van der Waals surface area contributed by atoms with Gasteiger partial charge in [-0.05, 0) is 37.5 Å². The number of unbranched alkanes of at least 4 members (excludes halogenated alkanes) is 1. The van der Waals surface area contributed by atoms with Crippen molar-refractivity contribution in [2.24, 2.45) is 0 Å². The highest BCUT2D eigenvalue weighted by molar-refractivity contribution is 7.89. The Bertz CT molecular complexity index is 749. The van der Waals surface area contributed by atoms with Crippen molar-refractivity contribution in [1.82, 2.24) is 4.72 Å². The normalized spacial score (nSPS) is 14.9. The molecule has 0 unspecified atom stereocenters. The molecule has 1 saturated carbocycles. The molecule has 1 N–H and O–H groups in total. The fraction of sp³-hybridized carbons (Fsp3) is 0.529. The summed E-state index contributed by atoms with van der Waals surface area (Å²) in [5, 5.41) is 8.47. The number of methoxy groups -OCH3 is 1. The topological polar surface area (TPSA) is 105 Å². The lowest BCUT2D eigenvalue weighted by Gasteiger charge is -2.15. The fourth-order valence-electron chi connectivity index (χ4n) is 2.74. The van der Waals surface area contributed by atoms with E-state index in [2.05, 4.69) is 4.72 Å². The zero-order valence-corrected chi connectivity index (χ0v) is 15.0. The first-order valence-corrected chi connectivity index (χ1v) is 9.70. The molecule has 0 radical (unpaired) electrons. The number of nitrogens with zero attached hydrogens (tertiary/aromatic N) is 1. The second-order valence-electron chi connectivity index (χ2n) is 5.87. The molecule has 0 bridgehead atoms. The number of benzene rings is 1. The van der Waals surface area contributed by atoms with Gasteiger partial charge in [-0.15, -0.1) is 0 Å². The zero-order chi connectivity index (χ0) is 18.3. The van der Waals surface area contributed by atoms with Crippen LogP contribution in [0.4, 0.5) is 0 Å². The largest absolute Gasteiger partial charge is 0.495 e. The zero-order valence-electron chi connectivity index (χ0n) is 14.2. The molecule has 1 aromatic carbocycles. The summed E-state index contributed by atoms with van der Waals surface area (Å²) < 4.78 is 38.2. The lowest BCUT2D eigenvalue weighted by molar-refractivity contribution is 0.0501. The third-order valence-electron chi connectivity index (χ3n) is 4.03. The van der Waals surface area contributed by atoms with Gasteiger partial charge in [-0.1, -0.05) is 12.8 Å². The summed E-state index contributed by atoms with van der Waals surface area (Å²) in [6, 6.07) is 6.04. The number of sulfonamides is 1. The predicted molar refractivity (Wildman–Crippen MR) is 90.7 cm³/mol. The molecule has 0 aliphatic heterocycles. The maximum Gasteiger partial charge on any atom is 0.338 e. The average molecular weight is 366 g/mol. The highest BCUT2D eigenvalue weighted by atomic mass is 32.2. The molecule has 0 spiro atoms. The summed E-state index contributed by atoms with van der Waals surface area (Å²) in [6.45, 7) is 0.112. The number of esters is 1. The minimum atomic E-state index is -3.80. The Morgan fingerprint density at radius 2 is 2.08 bits per heavy atom. The summed E-state index contributed by atoms with van der Waals surface area (Å²) in [7, 11) is -2.42. The lowest BCUT2D eigenvalue weighted by Crippen LogP contribution is -2.33. The second kappa shape index (κ2) is 8.83. The molecule has 1 fully saturated rings. The molecule has 1 aliphatic rings. The van der Waals surface area contributed by atoms with Crippen LogP contribution < -0.4 is 9.46 Å². The third kappa shape index (κ3) is 5.18. The summed E-state index contributed by atoms with van der Waals surface area (Å²) in [6.07, 6.45) is 4.34. The smallest absolute Gasteiger partial charge is 0.338 e. The van der Waals surface area contributed by atoms with Crippen LogP contribution in [0.5, 0.6) is 5.75 Å². The van der Waals surface area contributed by atoms with Crippen molar-refractivity contribution in [3.8, 4) is 11.8 Å². The molecule has 2 rings (SSSR count). The van der Waals surface area contributed by atoms with Gasteiger partial charge in [0.2, 0.25) is 10.0 Å². The molecule has 0 amide bonds. The first kappa shape index (κ1) is 19.2. The SMILES string of the molecule is COc1ccc(C(=O)OCCCC#N)cc1S(=O)(=O)NC1CCCC1. The van der Waals surface area contributed by atoms with E-state index in [0.717, 1.165) is 25.7 Å². The van der Waals surface area contributed by atoms with E-state index < -0.39 is 16.0 Å². The van der Waals surface area contributed by atoms with Gasteiger partial charge in [-0.3, -0.25) is 0 Å². The molecule has 0 heterocycles. The Balaban J connectivity index is 2.18. The van der Waals surface area contributed by atoms with Gasteiger partial charge in [0.15, 0.2) is 0 Å². The highest BCUT2D eigenvalue weighted by Gasteiger charge is 2.26. The number of nitrogens with one attached hydrogen (secondary N) is 1. The maximum absolute atomic E-state index is 12.7. The summed E-state index contributed by atoms with van der Waals surface area (Å²) >= 11 is 0. The van der Waals surface area contributed by atoms with E-state index in [1.165, 1.54) is 25.3 Å². The Morgan fingerprint density at radius 3 is 2.72 bits per heavy atom. The van der Waals surface area contributed by atoms with Crippen molar-refractivity contribution in [3.05, 3.63) is 23.8 Å². The third-order valence-corrected chi connectivity index (χ3v) is 5.57. The summed E-state index contributed by atoms with van der Waals surface area (Å²) in [5.74, 6) is -0.454. The fourth-order valence-corrected chi connectivity index (χ4v) is 4.24. The van der Waals surface area contributed by atoms with Crippen molar-refractivity contribution in [3.63, 3.8) is 0 Å². The molecule has 0 atom stereocenters. The van der Waals surface area contributed by atoms with E-state index in [4.69, 9.17) is 14.7 Å². The molecule has 0 aromatic heterocycles. The first-order chi connectivity index (χ1) is 12.0. The molecule has 8 heteroatoms. The highest BCUT2D eigenvalue weighted by Crippen LogP contribution is 2.27. The van der Waals surface area contributed by atoms with Crippen molar-refractivity contribution in [2.45, 2.75) is 49.5 Å². The quantitative estimate of drug-likeness (QED) is 0.559. The van der Waals surface area contributed by atoms with E-state index >= 15 is 0 Å². The van der Waals surface area contributed by atoms with Crippen LogP contribution >= 0.6 is 0 Å². The minimum absolute atomic E-state index is 0.0756. The number of nitriles is 1. The Kier molecular flexibility index (Phi) is 6.79. The Hall–Kier alpha value is -2.11. The van der Waals surface area contributed by atoms with Crippen molar-refractivity contribution in [1.29, 1.82) is 5.26 Å². The molecule has 7 nitrogen and oxygen atoms in total. The van der Waals surface area contributed by atoms with Gasteiger partial charge < -0.3 is 9.47 Å². The van der Waals surface area contributed by atoms with Gasteiger partial charge in [0.05, 0.1) is 25.3 Å². The minimum Gasteiger partial charge on any atom is -0.495 e. The molecular weight excluding hydrogens is 344 g/mol. The summed E-state index contributed by atoms with van der Waals surface area (Å²) in [5.41, 5.74) is 0.129. The monoisotopic (exact) mass is 366 g/mol. The molecule has 136 valence electrons. The average Bonchev–Trinajstić information content (AvgIpc) is 3.10. The van der Waals surface area contributed by atoms with E-state index in [0.29, 0.717) is 12.8 Å². The predicted octanol–water partition coefficient (Wildman–Crippen LogP) is 2.38. The lowest BCUT2D eigenvalue weighted by atomic mass is 10.2. The Labute approximate surface area is 148 Å². The molecule has 25 heavy (non-hydrogen) atoms. The van der Waals surface area contributed by atoms with Crippen LogP contribution in [0.25, 0.3) is 0 Å². The van der Waals surface area contributed by atoms with Crippen LogP contribution in [0.3, 0.4) is 0 Å². The van der Waals surface area contributed by atoms with Gasteiger partial charge in [-0.25, -0.2) is 17.9 Å². The maximum atomic E-state index is 12.7. The number of rotatable bonds is 8. The van der Waals surface area contributed by atoms with Crippen LogP contribution in [-0.2, 0) is 14.8 Å². The van der Waals surface area contributed by atoms with Crippen molar-refractivity contribution in [2.75, 3.05) is 13.7 Å². The Morgan fingerprint density at radius 1 is 1.36 bits per heavy atom. The van der Waals surface area contributed by atoms with Crippen LogP contribution in [-0.4, -0.2) is 34.1 Å². The van der Waals surface area contributed by atoms with E-state index in [-0.39, 0.29) is 28.9 Å². The van der Waals surface area contributed by atoms with Gasteiger partial charge >= 0.3 is 5.97 Å². The number of ether oxygens (including phenoxy) is 2. The first-order valence-electron chi connectivity index (χ1n) is 8.22. The van der Waals surface area contributed by atoms with Crippen LogP contribution in [0.1, 0.15) is 48.9 Å². The molecule has 0 saturated heterocycles. The van der Waals surface area contributed by atoms with E-state index in [9.17, 15) is 13.2 Å². The van der Waals surface area contributed by atoms with Crippen LogP contribution in [0.2, 0.25) is 0 Å². The van der Waals surface area contributed by atoms with Crippen molar-refractivity contribution >= 4 is 16.0 Å². The number of hydrogen-bond donors (Lipinski definition) is 1. The molecule has 1 aromatic rings. The number of carbonyl (C=O) groups is 1. The van der Waals surface area contributed by atoms with Gasteiger partial charge in [0, 0.05) is 12.5 Å². The van der Waals surface area contributed by atoms with Crippen molar-refractivity contribution < 1.29 is 22.7 Å². The van der Waals surface area contributed by atoms with Gasteiger partial charge in [0.25, 0.3) is 0 Å². The van der Waals surface area contributed by atoms with E-state index in [1.807, 2.05) is 6.07 Å². The number of hydrogen-bond acceptors (Lipinski definition) is 6. The molecule has 1 aliphatic carbocycles. The van der Waals surface area contributed by atoms with E-state index in [1.54, 1.807) is 0 Å². The standard InChI is InChI=1S/C17H22N2O5S/c1-23-15-9-8-13(17(20)24-11-5-4-10-18)12-16(15)25(21,22)19-14-6-2-3-7-14/h8-9,12,14,19H,2-7,11H2,1H3. The van der Waals surface area contributed by atoms with Gasteiger partial charge in [0.1, 0.15) is 10.6 Å². The van der Waals surface area contributed by atoms with Crippen LogP contribution in [0.15, 0.2) is 23.1 Å².